The number of nitrogens with zero attached hydrogens (tertiary/aromatic N) is 3. The highest BCUT2D eigenvalue weighted by molar-refractivity contribution is 5.64. The summed E-state index contributed by atoms with van der Waals surface area (Å²) in [7, 11) is 6.25. The van der Waals surface area contributed by atoms with Crippen molar-refractivity contribution in [3.63, 3.8) is 0 Å². The summed E-state index contributed by atoms with van der Waals surface area (Å²) in [6, 6.07) is 27.3. The van der Waals surface area contributed by atoms with E-state index in [1.807, 2.05) is 51.6 Å². The minimum Gasteiger partial charge on any atom is -0.201 e. The fourth-order valence-corrected chi connectivity index (χ4v) is 8.03. The van der Waals surface area contributed by atoms with Crippen molar-refractivity contribution in [3.05, 3.63) is 159 Å². The van der Waals surface area contributed by atoms with Gasteiger partial charge in [-0.1, -0.05) is 109 Å². The summed E-state index contributed by atoms with van der Waals surface area (Å²) < 4.78 is 37.4. The SMILES string of the molecule is Cc1ccc(-c2cc(C)c(C(C)C)c[n+]2C)c(C)c1.Cc1ccccc1-c1cc(C(C)C)c(C(C)C)c[n+]1C.[2H]C([2H])([2H])c1ccc(-c2cc(C)c(C([2H])(C)C)c[n+]2C)c(C)c1. The van der Waals surface area contributed by atoms with Crippen LogP contribution in [-0.4, -0.2) is 0 Å². The summed E-state index contributed by atoms with van der Waals surface area (Å²) in [5.74, 6) is 1.03. The molecule has 3 heterocycles. The van der Waals surface area contributed by atoms with Gasteiger partial charge in [0.2, 0.25) is 17.1 Å². The molecular formula is C55H74N3+3. The summed E-state index contributed by atoms with van der Waals surface area (Å²) in [6.07, 6.45) is 6.57. The Morgan fingerprint density at radius 2 is 0.828 bits per heavy atom. The largest absolute Gasteiger partial charge is 0.212 e. The van der Waals surface area contributed by atoms with Crippen LogP contribution in [0.25, 0.3) is 33.8 Å². The fourth-order valence-electron chi connectivity index (χ4n) is 8.03. The minimum atomic E-state index is -2.08. The lowest BCUT2D eigenvalue weighted by Gasteiger charge is -2.16. The molecule has 0 aliphatic rings. The molecule has 0 fully saturated rings. The lowest BCUT2D eigenvalue weighted by atomic mass is 9.90. The van der Waals surface area contributed by atoms with Crippen LogP contribution >= 0.6 is 0 Å². The van der Waals surface area contributed by atoms with Crippen molar-refractivity contribution in [2.45, 2.75) is 127 Å². The lowest BCUT2D eigenvalue weighted by Crippen LogP contribution is -2.32. The van der Waals surface area contributed by atoms with Crippen molar-refractivity contribution >= 4 is 0 Å². The number of pyridine rings is 3. The van der Waals surface area contributed by atoms with Crippen molar-refractivity contribution in [2.24, 2.45) is 21.1 Å². The highest BCUT2D eigenvalue weighted by Crippen LogP contribution is 2.30. The van der Waals surface area contributed by atoms with Crippen molar-refractivity contribution in [1.82, 2.24) is 0 Å². The summed E-state index contributed by atoms with van der Waals surface area (Å²) in [5.41, 5.74) is 20.3. The van der Waals surface area contributed by atoms with E-state index in [2.05, 4.69) is 166 Å². The summed E-state index contributed by atoms with van der Waals surface area (Å²) in [6.45, 7) is 28.0. The van der Waals surface area contributed by atoms with E-state index in [0.29, 0.717) is 23.3 Å². The third kappa shape index (κ3) is 11.0. The van der Waals surface area contributed by atoms with Crippen LogP contribution in [0, 0.1) is 48.4 Å². The second-order valence-electron chi connectivity index (χ2n) is 17.6. The summed E-state index contributed by atoms with van der Waals surface area (Å²) in [5, 5.41) is 0. The number of benzene rings is 3. The van der Waals surface area contributed by atoms with Crippen LogP contribution in [0.15, 0.2) is 97.5 Å². The van der Waals surface area contributed by atoms with E-state index < -0.39 is 12.7 Å². The molecule has 0 amide bonds. The van der Waals surface area contributed by atoms with Gasteiger partial charge in [0.25, 0.3) is 0 Å². The number of hydrogen-bond donors (Lipinski definition) is 0. The molecule has 6 aromatic rings. The smallest absolute Gasteiger partial charge is 0.201 e. The Kier molecular flexibility index (Phi) is 13.6. The van der Waals surface area contributed by atoms with E-state index in [9.17, 15) is 0 Å². The summed E-state index contributed by atoms with van der Waals surface area (Å²) >= 11 is 0. The normalized spacial score (nSPS) is 12.6. The molecule has 58 heavy (non-hydrogen) atoms. The Hall–Kier alpha value is -4.89. The van der Waals surface area contributed by atoms with Gasteiger partial charge in [-0.05, 0) is 124 Å². The molecular weight excluding hydrogens is 703 g/mol. The van der Waals surface area contributed by atoms with Gasteiger partial charge in [-0.25, -0.2) is 13.7 Å². The molecule has 0 saturated carbocycles. The van der Waals surface area contributed by atoms with Crippen LogP contribution in [0.1, 0.15) is 146 Å². The number of aromatic nitrogens is 3. The third-order valence-corrected chi connectivity index (χ3v) is 11.3. The Bertz CT molecular complexity index is 2520. The second kappa shape index (κ2) is 19.7. The molecule has 0 aliphatic carbocycles. The molecule has 0 unspecified atom stereocenters. The quantitative estimate of drug-likeness (QED) is 0.143. The minimum absolute atomic E-state index is 0.363. The zero-order valence-electron chi connectivity index (χ0n) is 42.8. The van der Waals surface area contributed by atoms with Crippen molar-refractivity contribution < 1.29 is 19.2 Å². The van der Waals surface area contributed by atoms with Crippen LogP contribution in [0.3, 0.4) is 0 Å². The topological polar surface area (TPSA) is 11.6 Å². The molecule has 3 heteroatoms. The number of aryl methyl sites for hydroxylation is 10. The van der Waals surface area contributed by atoms with Crippen molar-refractivity contribution in [3.8, 4) is 33.8 Å². The molecule has 3 nitrogen and oxygen atoms in total. The maximum atomic E-state index is 8.25. The van der Waals surface area contributed by atoms with Crippen LogP contribution < -0.4 is 13.7 Å². The van der Waals surface area contributed by atoms with Gasteiger partial charge in [-0.15, -0.1) is 0 Å². The van der Waals surface area contributed by atoms with Gasteiger partial charge >= 0.3 is 0 Å². The second-order valence-corrected chi connectivity index (χ2v) is 17.6. The predicted molar refractivity (Wildman–Crippen MR) is 249 cm³/mol. The zero-order valence-corrected chi connectivity index (χ0v) is 38.8. The van der Waals surface area contributed by atoms with Crippen LogP contribution in [-0.2, 0) is 21.1 Å². The molecule has 0 aliphatic heterocycles. The molecule has 306 valence electrons. The highest BCUT2D eigenvalue weighted by Gasteiger charge is 2.21. The predicted octanol–water partition coefficient (Wildman–Crippen LogP) is 13.2. The molecule has 6 rings (SSSR count). The van der Waals surface area contributed by atoms with Crippen LogP contribution in [0.5, 0.6) is 0 Å². The zero-order chi connectivity index (χ0) is 46.6. The van der Waals surface area contributed by atoms with E-state index in [1.54, 1.807) is 12.1 Å². The molecule has 0 atom stereocenters. The number of rotatable bonds is 7. The first kappa shape index (κ1) is 39.9. The Balaban J connectivity index is 0.000000205. The molecule has 0 spiro atoms. The average molecular weight is 781 g/mol. The molecule has 0 N–H and O–H groups in total. The third-order valence-electron chi connectivity index (χ3n) is 11.3. The first-order valence-electron chi connectivity index (χ1n) is 23.0. The standard InChI is InChI=1S/C19H26N.2C18H24N/c1-13(2)17-11-19(16-10-8-7-9-15(16)5)20(6)12-18(17)14(3)4;2*1-12(2)17-11-19(6)18(10-15(17)5)16-8-7-13(3)9-14(16)4/h7-14H,1-6H3;2*7-12H,1-6H3/q3*+1/i;3D3,12D;. The van der Waals surface area contributed by atoms with Gasteiger partial charge in [-0.3, -0.25) is 0 Å². The van der Waals surface area contributed by atoms with Gasteiger partial charge in [0, 0.05) is 57.1 Å². The Morgan fingerprint density at radius 1 is 0.414 bits per heavy atom. The van der Waals surface area contributed by atoms with E-state index in [4.69, 9.17) is 5.48 Å². The van der Waals surface area contributed by atoms with Gasteiger partial charge in [0.05, 0.1) is 0 Å². The van der Waals surface area contributed by atoms with Crippen LogP contribution in [0.4, 0.5) is 0 Å². The van der Waals surface area contributed by atoms with E-state index in [0.717, 1.165) is 27.9 Å². The van der Waals surface area contributed by atoms with Gasteiger partial charge in [0.15, 0.2) is 18.6 Å². The number of hydrogen-bond acceptors (Lipinski definition) is 0. The Labute approximate surface area is 359 Å². The van der Waals surface area contributed by atoms with Gasteiger partial charge in [-0.2, -0.15) is 0 Å². The van der Waals surface area contributed by atoms with E-state index in [-0.39, 0.29) is 0 Å². The van der Waals surface area contributed by atoms with E-state index in [1.165, 1.54) is 61.5 Å². The van der Waals surface area contributed by atoms with E-state index >= 15 is 0 Å². The maximum absolute atomic E-state index is 8.25. The van der Waals surface area contributed by atoms with Crippen molar-refractivity contribution in [2.75, 3.05) is 0 Å². The fraction of sp³-hybridized carbons (Fsp3) is 0.400. The lowest BCUT2D eigenvalue weighted by molar-refractivity contribution is -0.661. The first-order valence-corrected chi connectivity index (χ1v) is 21.0. The molecule has 3 aromatic carbocycles. The molecule has 0 bridgehead atoms. The molecule has 3 aromatic heterocycles. The van der Waals surface area contributed by atoms with Crippen molar-refractivity contribution in [1.29, 1.82) is 0 Å². The maximum Gasteiger partial charge on any atom is 0.212 e. The first-order chi connectivity index (χ1) is 28.7. The molecule has 0 saturated heterocycles. The van der Waals surface area contributed by atoms with Gasteiger partial charge in [0.1, 0.15) is 21.1 Å². The summed E-state index contributed by atoms with van der Waals surface area (Å²) in [4.78, 5) is 0. The van der Waals surface area contributed by atoms with Crippen LogP contribution in [0.2, 0.25) is 0 Å². The Morgan fingerprint density at radius 3 is 1.29 bits per heavy atom. The molecule has 0 radical (unpaired) electrons. The monoisotopic (exact) mass is 781 g/mol. The average Bonchev–Trinajstić information content (AvgIpc) is 3.16. The highest BCUT2D eigenvalue weighted by atomic mass is 14.9. The van der Waals surface area contributed by atoms with Gasteiger partial charge < -0.3 is 0 Å².